The molecule has 14 N–H and O–H groups in total. The van der Waals surface area contributed by atoms with Gasteiger partial charge in [-0.05, 0) is 0 Å². The molecule has 0 rings (SSSR count). The summed E-state index contributed by atoms with van der Waals surface area (Å²) in [7, 11) is 0. The molecule has 0 atom stereocenters. The number of nitrogens with zero attached hydrogens (tertiary/aromatic N) is 2. The largest absolute Gasteiger partial charge is 2.00 e. The van der Waals surface area contributed by atoms with Gasteiger partial charge in [-0.15, -0.1) is 0 Å². The van der Waals surface area contributed by atoms with Gasteiger partial charge < -0.3 is 69.0 Å². The summed E-state index contributed by atoms with van der Waals surface area (Å²) in [5.41, 5.74) is 0. The van der Waals surface area contributed by atoms with Crippen molar-refractivity contribution in [1.82, 2.24) is 0 Å². The summed E-state index contributed by atoms with van der Waals surface area (Å²) >= 11 is 0. The molecule has 109 valence electrons. The van der Waals surface area contributed by atoms with Crippen molar-refractivity contribution in [2.45, 2.75) is 0 Å². The fourth-order valence-corrected chi connectivity index (χ4v) is 0. The first-order valence-electron chi connectivity index (χ1n) is 1.10. The Morgan fingerprint density at radius 1 is 0.500 bits per heavy atom. The third-order valence-electron chi connectivity index (χ3n) is 0. The number of hydrogen-bond donors (Lipinski definition) is 0. The molecule has 0 aromatic carbocycles. The van der Waals surface area contributed by atoms with Crippen LogP contribution in [0.3, 0.4) is 0 Å². The average molecular weight is 305 g/mol. The zero-order valence-electron chi connectivity index (χ0n) is 7.22. The second-order valence-electron chi connectivity index (χ2n) is 0.447. The van der Waals surface area contributed by atoms with E-state index in [4.69, 9.17) is 30.6 Å². The van der Waals surface area contributed by atoms with Gasteiger partial charge in [0.2, 0.25) is 0 Å². The summed E-state index contributed by atoms with van der Waals surface area (Å²) in [6.07, 6.45) is 0. The van der Waals surface area contributed by atoms with Gasteiger partial charge in [-0.1, -0.05) is 0 Å². The SMILES string of the molecule is O.O.O.O.O.O.O.O=[N+]([O-])[O-].O=[N+]([O-])[O-].[Mn+2]. The van der Waals surface area contributed by atoms with Crippen LogP contribution in [0.5, 0.6) is 0 Å². The van der Waals surface area contributed by atoms with E-state index in [1.807, 2.05) is 0 Å². The van der Waals surface area contributed by atoms with Gasteiger partial charge in [-0.25, -0.2) is 0 Å². The van der Waals surface area contributed by atoms with Crippen LogP contribution in [-0.2, 0) is 17.1 Å². The van der Waals surface area contributed by atoms with E-state index in [0.717, 1.165) is 0 Å². The first kappa shape index (κ1) is 127. The van der Waals surface area contributed by atoms with Gasteiger partial charge in [0.25, 0.3) is 0 Å². The average Bonchev–Trinajstić information content (AvgIpc) is 1.25. The molecule has 1 radical (unpaired) electrons. The van der Waals surface area contributed by atoms with Crippen LogP contribution in [0.15, 0.2) is 0 Å². The third-order valence-corrected chi connectivity index (χ3v) is 0. The molecule has 0 amide bonds. The van der Waals surface area contributed by atoms with E-state index in [1.165, 1.54) is 0 Å². The number of rotatable bonds is 0. The van der Waals surface area contributed by atoms with Crippen molar-refractivity contribution in [3.63, 3.8) is 0 Å². The minimum Gasteiger partial charge on any atom is -0.412 e. The first-order chi connectivity index (χ1) is 3.46. The van der Waals surface area contributed by atoms with E-state index < -0.39 is 10.2 Å². The maximum atomic E-state index is 8.25. The summed E-state index contributed by atoms with van der Waals surface area (Å²) in [6, 6.07) is 0. The molecule has 0 spiro atoms. The monoisotopic (exact) mass is 305 g/mol. The molecule has 0 fully saturated rings. The van der Waals surface area contributed by atoms with Gasteiger partial charge in [0.15, 0.2) is 0 Å². The molecule has 0 aromatic heterocycles. The molecule has 16 heavy (non-hydrogen) atoms. The Kier molecular flexibility index (Phi) is 801. The molecule has 0 aliphatic rings. The number of hydrogen-bond acceptors (Lipinski definition) is 6. The summed E-state index contributed by atoms with van der Waals surface area (Å²) < 4.78 is 0. The minimum atomic E-state index is -1.75. The fourth-order valence-electron chi connectivity index (χ4n) is 0. The fraction of sp³-hybridized carbons (Fsp3) is 0. The molecule has 0 aliphatic heterocycles. The second kappa shape index (κ2) is 101. The summed E-state index contributed by atoms with van der Waals surface area (Å²) in [5.74, 6) is 0. The molecule has 0 unspecified atom stereocenters. The van der Waals surface area contributed by atoms with Crippen LogP contribution in [0.1, 0.15) is 0 Å². The van der Waals surface area contributed by atoms with Crippen molar-refractivity contribution in [2.24, 2.45) is 0 Å². The van der Waals surface area contributed by atoms with Crippen molar-refractivity contribution < 1.29 is 65.6 Å². The zero-order valence-corrected chi connectivity index (χ0v) is 8.40. The van der Waals surface area contributed by atoms with Crippen LogP contribution in [0.25, 0.3) is 0 Å². The Balaban J connectivity index is -0.00000000375. The van der Waals surface area contributed by atoms with Crippen LogP contribution in [-0.4, -0.2) is 48.5 Å². The van der Waals surface area contributed by atoms with Crippen molar-refractivity contribution in [2.75, 3.05) is 0 Å². The molecule has 16 heteroatoms. The zero-order chi connectivity index (χ0) is 7.15. The van der Waals surface area contributed by atoms with Crippen molar-refractivity contribution in [3.8, 4) is 0 Å². The topological polar surface area (TPSA) is 353 Å². The van der Waals surface area contributed by atoms with Crippen LogP contribution in [0.4, 0.5) is 0 Å². The van der Waals surface area contributed by atoms with E-state index in [-0.39, 0.29) is 55.4 Å². The Hall–Kier alpha value is -1.36. The summed E-state index contributed by atoms with van der Waals surface area (Å²) in [6.45, 7) is 0. The Bertz CT molecular complexity index is 71.9. The van der Waals surface area contributed by atoms with Crippen molar-refractivity contribution in [1.29, 1.82) is 0 Å². The summed E-state index contributed by atoms with van der Waals surface area (Å²) in [5, 5.41) is 29.5. The van der Waals surface area contributed by atoms with E-state index in [2.05, 4.69) is 0 Å². The van der Waals surface area contributed by atoms with Gasteiger partial charge in [0, 0.05) is 0 Å². The predicted octanol–water partition coefficient (Wildman–Crippen LogP) is -6.25. The molecule has 0 aromatic rings. The van der Waals surface area contributed by atoms with Gasteiger partial charge in [0.05, 0.1) is 10.2 Å². The maximum Gasteiger partial charge on any atom is 2.00 e. The van der Waals surface area contributed by atoms with Gasteiger partial charge >= 0.3 is 17.1 Å². The quantitative estimate of drug-likeness (QED) is 0.237. The second-order valence-corrected chi connectivity index (χ2v) is 0.447. The van der Waals surface area contributed by atoms with Gasteiger partial charge in [-0.3, -0.25) is 0 Å². The van der Waals surface area contributed by atoms with Gasteiger partial charge in [-0.2, -0.15) is 0 Å². The first-order valence-corrected chi connectivity index (χ1v) is 1.10. The van der Waals surface area contributed by atoms with E-state index >= 15 is 0 Å². The molecule has 15 nitrogen and oxygen atoms in total. The third kappa shape index (κ3) is 925. The van der Waals surface area contributed by atoms with Crippen LogP contribution in [0.2, 0.25) is 0 Å². The molecule has 0 saturated heterocycles. The molecule has 0 bridgehead atoms. The Labute approximate surface area is 97.1 Å². The maximum absolute atomic E-state index is 8.25. The van der Waals surface area contributed by atoms with E-state index in [9.17, 15) is 0 Å². The van der Waals surface area contributed by atoms with Crippen molar-refractivity contribution in [3.05, 3.63) is 30.6 Å². The van der Waals surface area contributed by atoms with Crippen LogP contribution in [0, 0.1) is 30.6 Å². The van der Waals surface area contributed by atoms with Crippen LogP contribution >= 0.6 is 0 Å². The van der Waals surface area contributed by atoms with Gasteiger partial charge in [0.1, 0.15) is 0 Å². The van der Waals surface area contributed by atoms with E-state index in [1.54, 1.807) is 0 Å². The standard InChI is InChI=1S/Mn.2NO3.7H2O/c;2*2-1(3)4;;;;;;;/h;;;7*1H2/q+2;2*-1;;;;;;;. The van der Waals surface area contributed by atoms with Crippen LogP contribution < -0.4 is 0 Å². The molecule has 0 aliphatic carbocycles. The molecular weight excluding hydrogens is 291 g/mol. The minimum absolute atomic E-state index is 0. The Morgan fingerprint density at radius 2 is 0.500 bits per heavy atom. The normalized spacial score (nSPS) is 3.00. The van der Waals surface area contributed by atoms with E-state index in [0.29, 0.717) is 0 Å². The molecular formula is H14MnN2O13. The summed E-state index contributed by atoms with van der Waals surface area (Å²) in [4.78, 5) is 16.5. The molecule has 0 heterocycles. The van der Waals surface area contributed by atoms with Crippen molar-refractivity contribution >= 4 is 0 Å². The predicted molar refractivity (Wildman–Crippen MR) is 46.0 cm³/mol. The molecule has 0 saturated carbocycles. The Morgan fingerprint density at radius 3 is 0.500 bits per heavy atom. The smallest absolute Gasteiger partial charge is 0.412 e.